The second-order valence-electron chi connectivity index (χ2n) is 7.00. The van der Waals surface area contributed by atoms with Crippen LogP contribution in [0, 0.1) is 0 Å². The second-order valence-corrected chi connectivity index (χ2v) is 7.44. The van der Waals surface area contributed by atoms with Crippen LogP contribution < -0.4 is 10.4 Å². The molecule has 0 spiro atoms. The lowest BCUT2D eigenvalue weighted by Gasteiger charge is -2.31. The van der Waals surface area contributed by atoms with Crippen LogP contribution in [0.1, 0.15) is 31.5 Å². The van der Waals surface area contributed by atoms with E-state index in [4.69, 9.17) is 21.1 Å². The first kappa shape index (κ1) is 21.4. The minimum atomic E-state index is -0.102. The molecule has 1 aromatic carbocycles. The van der Waals surface area contributed by atoms with Gasteiger partial charge in [0.15, 0.2) is 6.61 Å². The SMILES string of the molecule is CCn1c(C2CCN(C(=O)COc3ccc(Cl)cc3)CC2)nn(CCOC)c1=O. The summed E-state index contributed by atoms with van der Waals surface area (Å²) in [6, 6.07) is 6.94. The van der Waals surface area contributed by atoms with E-state index < -0.39 is 0 Å². The highest BCUT2D eigenvalue weighted by Gasteiger charge is 2.28. The quantitative estimate of drug-likeness (QED) is 0.651. The van der Waals surface area contributed by atoms with E-state index >= 15 is 0 Å². The molecular weight excluding hydrogens is 396 g/mol. The molecule has 9 heteroatoms. The van der Waals surface area contributed by atoms with Gasteiger partial charge >= 0.3 is 5.69 Å². The Bertz CT molecular complexity index is 870. The summed E-state index contributed by atoms with van der Waals surface area (Å²) >= 11 is 5.85. The summed E-state index contributed by atoms with van der Waals surface area (Å²) in [6.45, 7) is 4.65. The zero-order valence-electron chi connectivity index (χ0n) is 16.8. The first-order valence-corrected chi connectivity index (χ1v) is 10.2. The fourth-order valence-corrected chi connectivity index (χ4v) is 3.66. The fourth-order valence-electron chi connectivity index (χ4n) is 3.53. The predicted molar refractivity (Wildman–Crippen MR) is 110 cm³/mol. The van der Waals surface area contributed by atoms with Crippen molar-refractivity contribution in [2.75, 3.05) is 33.4 Å². The number of rotatable bonds is 8. The number of aromatic nitrogens is 3. The van der Waals surface area contributed by atoms with Crippen LogP contribution >= 0.6 is 11.6 Å². The molecule has 8 nitrogen and oxygen atoms in total. The standard InChI is InChI=1S/C20H27ClN4O4/c1-3-24-19(22-25(20(24)27)12-13-28-2)15-8-10-23(11-9-15)18(26)14-29-17-6-4-16(21)5-7-17/h4-7,15H,3,8-14H2,1-2H3. The molecule has 1 fully saturated rings. The molecule has 3 rings (SSSR count). The number of likely N-dealkylation sites (tertiary alicyclic amines) is 1. The summed E-state index contributed by atoms with van der Waals surface area (Å²) in [6.07, 6.45) is 1.54. The van der Waals surface area contributed by atoms with Crippen molar-refractivity contribution in [2.24, 2.45) is 0 Å². The van der Waals surface area contributed by atoms with Gasteiger partial charge < -0.3 is 14.4 Å². The van der Waals surface area contributed by atoms with E-state index in [1.54, 1.807) is 35.9 Å². The number of methoxy groups -OCH3 is 1. The summed E-state index contributed by atoms with van der Waals surface area (Å²) < 4.78 is 13.8. The van der Waals surface area contributed by atoms with E-state index in [-0.39, 0.29) is 24.1 Å². The Morgan fingerprint density at radius 2 is 1.93 bits per heavy atom. The zero-order chi connectivity index (χ0) is 20.8. The van der Waals surface area contributed by atoms with Crippen molar-refractivity contribution >= 4 is 17.5 Å². The highest BCUT2D eigenvalue weighted by atomic mass is 35.5. The van der Waals surface area contributed by atoms with Crippen LogP contribution in [0.15, 0.2) is 29.1 Å². The van der Waals surface area contributed by atoms with E-state index in [9.17, 15) is 9.59 Å². The maximum atomic E-state index is 12.5. The van der Waals surface area contributed by atoms with Crippen molar-refractivity contribution in [3.63, 3.8) is 0 Å². The van der Waals surface area contributed by atoms with Crippen molar-refractivity contribution in [1.29, 1.82) is 0 Å². The zero-order valence-corrected chi connectivity index (χ0v) is 17.6. The maximum absolute atomic E-state index is 12.5. The lowest BCUT2D eigenvalue weighted by Crippen LogP contribution is -2.41. The summed E-state index contributed by atoms with van der Waals surface area (Å²) in [5.41, 5.74) is -0.102. The third-order valence-corrected chi connectivity index (χ3v) is 5.42. The molecule has 1 aliphatic heterocycles. The normalized spacial score (nSPS) is 14.9. The molecule has 0 radical (unpaired) electrons. The van der Waals surface area contributed by atoms with Crippen molar-refractivity contribution in [2.45, 2.75) is 38.8 Å². The Kier molecular flexibility index (Phi) is 7.33. The summed E-state index contributed by atoms with van der Waals surface area (Å²) in [5.74, 6) is 1.54. The van der Waals surface area contributed by atoms with Crippen LogP contribution in [-0.4, -0.2) is 58.6 Å². The number of hydrogen-bond acceptors (Lipinski definition) is 5. The van der Waals surface area contributed by atoms with Crippen molar-refractivity contribution < 1.29 is 14.3 Å². The van der Waals surface area contributed by atoms with Gasteiger partial charge in [-0.25, -0.2) is 9.48 Å². The fraction of sp³-hybridized carbons (Fsp3) is 0.550. The average Bonchev–Trinajstić information content (AvgIpc) is 3.07. The number of piperidine rings is 1. The lowest BCUT2D eigenvalue weighted by atomic mass is 9.96. The van der Waals surface area contributed by atoms with E-state index in [1.807, 2.05) is 11.8 Å². The first-order valence-electron chi connectivity index (χ1n) is 9.86. The molecule has 1 saturated heterocycles. The molecular formula is C20H27ClN4O4. The number of carbonyl (C=O) groups excluding carboxylic acids is 1. The smallest absolute Gasteiger partial charge is 0.345 e. The monoisotopic (exact) mass is 422 g/mol. The van der Waals surface area contributed by atoms with Gasteiger partial charge in [-0.1, -0.05) is 11.6 Å². The summed E-state index contributed by atoms with van der Waals surface area (Å²) in [4.78, 5) is 26.8. The van der Waals surface area contributed by atoms with E-state index in [2.05, 4.69) is 5.10 Å². The van der Waals surface area contributed by atoms with E-state index in [0.717, 1.165) is 18.7 Å². The molecule has 2 aromatic rings. The van der Waals surface area contributed by atoms with Gasteiger partial charge in [0, 0.05) is 37.7 Å². The number of amides is 1. The topological polar surface area (TPSA) is 78.6 Å². The molecule has 0 aliphatic carbocycles. The van der Waals surface area contributed by atoms with E-state index in [1.165, 1.54) is 4.68 Å². The number of benzene rings is 1. The van der Waals surface area contributed by atoms with Crippen molar-refractivity contribution in [3.8, 4) is 5.75 Å². The summed E-state index contributed by atoms with van der Waals surface area (Å²) in [5, 5.41) is 5.17. The van der Waals surface area contributed by atoms with Crippen LogP contribution in [-0.2, 0) is 22.6 Å². The van der Waals surface area contributed by atoms with Gasteiger partial charge in [-0.05, 0) is 44.0 Å². The predicted octanol–water partition coefficient (Wildman–Crippen LogP) is 2.15. The number of nitrogens with zero attached hydrogens (tertiary/aromatic N) is 4. The third-order valence-electron chi connectivity index (χ3n) is 5.16. The number of carbonyl (C=O) groups is 1. The number of hydrogen-bond donors (Lipinski definition) is 0. The van der Waals surface area contributed by atoms with Crippen LogP contribution in [0.5, 0.6) is 5.75 Å². The third kappa shape index (κ3) is 5.19. The van der Waals surface area contributed by atoms with Crippen LogP contribution in [0.2, 0.25) is 5.02 Å². The Balaban J connectivity index is 1.56. The molecule has 0 bridgehead atoms. The van der Waals surface area contributed by atoms with Gasteiger partial charge in [0.2, 0.25) is 0 Å². The van der Waals surface area contributed by atoms with Gasteiger partial charge in [-0.3, -0.25) is 9.36 Å². The highest BCUT2D eigenvalue weighted by Crippen LogP contribution is 2.26. The van der Waals surface area contributed by atoms with Gasteiger partial charge in [0.05, 0.1) is 13.2 Å². The first-order chi connectivity index (χ1) is 14.0. The molecule has 1 aliphatic rings. The molecule has 29 heavy (non-hydrogen) atoms. The second kappa shape index (κ2) is 9.93. The largest absolute Gasteiger partial charge is 0.484 e. The Morgan fingerprint density at radius 3 is 2.55 bits per heavy atom. The molecule has 1 aromatic heterocycles. The number of ether oxygens (including phenoxy) is 2. The van der Waals surface area contributed by atoms with Crippen LogP contribution in [0.3, 0.4) is 0 Å². The molecule has 1 amide bonds. The summed E-state index contributed by atoms with van der Waals surface area (Å²) in [7, 11) is 1.60. The van der Waals surface area contributed by atoms with Crippen molar-refractivity contribution in [3.05, 3.63) is 45.6 Å². The Hall–Kier alpha value is -2.32. The lowest BCUT2D eigenvalue weighted by molar-refractivity contribution is -0.134. The molecule has 0 saturated carbocycles. The molecule has 158 valence electrons. The van der Waals surface area contributed by atoms with Crippen molar-refractivity contribution in [1.82, 2.24) is 19.2 Å². The molecule has 0 unspecified atom stereocenters. The van der Waals surface area contributed by atoms with Crippen LogP contribution in [0.25, 0.3) is 0 Å². The molecule has 0 atom stereocenters. The Morgan fingerprint density at radius 1 is 1.24 bits per heavy atom. The minimum Gasteiger partial charge on any atom is -0.484 e. The molecule has 2 heterocycles. The van der Waals surface area contributed by atoms with Gasteiger partial charge in [0.25, 0.3) is 5.91 Å². The van der Waals surface area contributed by atoms with Gasteiger partial charge in [-0.2, -0.15) is 5.10 Å². The average molecular weight is 423 g/mol. The highest BCUT2D eigenvalue weighted by molar-refractivity contribution is 6.30. The van der Waals surface area contributed by atoms with Gasteiger partial charge in [0.1, 0.15) is 11.6 Å². The Labute approximate surface area is 175 Å². The number of halogens is 1. The van der Waals surface area contributed by atoms with E-state index in [0.29, 0.717) is 43.6 Å². The maximum Gasteiger partial charge on any atom is 0.345 e. The van der Waals surface area contributed by atoms with Crippen LogP contribution in [0.4, 0.5) is 0 Å². The van der Waals surface area contributed by atoms with Gasteiger partial charge in [-0.15, -0.1) is 0 Å². The molecule has 0 N–H and O–H groups in total. The minimum absolute atomic E-state index is 0.00237.